The maximum absolute atomic E-state index is 6.59. The first-order valence-electron chi connectivity index (χ1n) is 22.7. The summed E-state index contributed by atoms with van der Waals surface area (Å²) in [5.41, 5.74) is 18.0. The fourth-order valence-corrected chi connectivity index (χ4v) is 9.55. The first-order valence-corrected chi connectivity index (χ1v) is 22.7. The van der Waals surface area contributed by atoms with Crippen LogP contribution in [0.15, 0.2) is 239 Å². The molecule has 0 N–H and O–H groups in total. The van der Waals surface area contributed by atoms with Crippen molar-refractivity contribution < 1.29 is 8.83 Å². The van der Waals surface area contributed by atoms with E-state index in [4.69, 9.17) is 28.8 Å². The van der Waals surface area contributed by atoms with E-state index in [1.165, 1.54) is 0 Å². The Morgan fingerprint density at radius 1 is 0.250 bits per heavy atom. The first kappa shape index (κ1) is 39.1. The van der Waals surface area contributed by atoms with Crippen LogP contribution < -0.4 is 0 Å². The van der Waals surface area contributed by atoms with E-state index in [1.807, 2.05) is 48.5 Å². The molecule has 6 nitrogen and oxygen atoms in total. The first-order chi connectivity index (χ1) is 33.7. The van der Waals surface area contributed by atoms with Gasteiger partial charge in [-0.15, -0.1) is 0 Å². The highest BCUT2D eigenvalue weighted by molar-refractivity contribution is 6.09. The minimum absolute atomic E-state index is 0.603. The van der Waals surface area contributed by atoms with Gasteiger partial charge in [-0.3, -0.25) is 0 Å². The van der Waals surface area contributed by atoms with Crippen LogP contribution in [0.5, 0.6) is 0 Å². The molecule has 0 fully saturated rings. The number of rotatable bonds is 8. The Bertz CT molecular complexity index is 3780. The predicted molar refractivity (Wildman–Crippen MR) is 276 cm³/mol. The molecule has 9 aromatic carbocycles. The van der Waals surface area contributed by atoms with Crippen molar-refractivity contribution in [1.29, 1.82) is 0 Å². The largest absolute Gasteiger partial charge is 0.452 e. The maximum atomic E-state index is 6.59. The van der Waals surface area contributed by atoms with Crippen LogP contribution in [0.25, 0.3) is 134 Å². The number of aromatic nitrogens is 4. The molecule has 0 amide bonds. The van der Waals surface area contributed by atoms with Crippen molar-refractivity contribution in [3.63, 3.8) is 0 Å². The van der Waals surface area contributed by atoms with Gasteiger partial charge in [0.1, 0.15) is 33.6 Å². The van der Waals surface area contributed by atoms with Crippen molar-refractivity contribution >= 4 is 44.1 Å². The lowest BCUT2D eigenvalue weighted by atomic mass is 9.89. The van der Waals surface area contributed by atoms with E-state index < -0.39 is 0 Å². The Kier molecular flexibility index (Phi) is 9.39. The summed E-state index contributed by atoms with van der Waals surface area (Å²) in [4.78, 5) is 21.5. The Balaban J connectivity index is 0.988. The van der Waals surface area contributed by atoms with Crippen molar-refractivity contribution in [1.82, 2.24) is 19.9 Å². The van der Waals surface area contributed by atoms with Gasteiger partial charge in [0.25, 0.3) is 0 Å². The highest BCUT2D eigenvalue weighted by Gasteiger charge is 2.24. The summed E-state index contributed by atoms with van der Waals surface area (Å²) < 4.78 is 13.2. The van der Waals surface area contributed by atoms with Gasteiger partial charge in [0.2, 0.25) is 0 Å². The molecule has 0 aliphatic rings. The number of nitrogens with zero attached hydrogens (tertiary/aromatic N) is 4. The molecular formula is C62H38N4O2. The quantitative estimate of drug-likeness (QED) is 0.151. The number of fused-ring (bicyclic) bond motifs is 6. The Hall–Kier alpha value is -9.26. The minimum Gasteiger partial charge on any atom is -0.452 e. The van der Waals surface area contributed by atoms with Crippen molar-refractivity contribution in [2.45, 2.75) is 0 Å². The molecule has 0 spiro atoms. The third kappa shape index (κ3) is 6.74. The summed E-state index contributed by atoms with van der Waals surface area (Å²) in [6.07, 6.45) is 0. The molecule has 0 saturated carbocycles. The van der Waals surface area contributed by atoms with Crippen LogP contribution in [-0.2, 0) is 0 Å². The lowest BCUT2D eigenvalue weighted by Gasteiger charge is -2.17. The van der Waals surface area contributed by atoms with E-state index in [2.05, 4.69) is 182 Å². The van der Waals surface area contributed by atoms with E-state index in [0.717, 1.165) is 111 Å². The third-order valence-electron chi connectivity index (χ3n) is 12.8. The molecule has 13 rings (SSSR count). The molecule has 4 aromatic heterocycles. The van der Waals surface area contributed by atoms with Crippen LogP contribution in [-0.4, -0.2) is 19.9 Å². The van der Waals surface area contributed by atoms with Crippen molar-refractivity contribution in [2.24, 2.45) is 0 Å². The molecular weight excluding hydrogens is 833 g/mol. The van der Waals surface area contributed by atoms with E-state index in [9.17, 15) is 0 Å². The predicted octanol–water partition coefficient (Wildman–Crippen LogP) is 16.4. The van der Waals surface area contributed by atoms with Gasteiger partial charge in [-0.25, -0.2) is 19.9 Å². The lowest BCUT2D eigenvalue weighted by Crippen LogP contribution is -1.98. The van der Waals surface area contributed by atoms with E-state index in [-0.39, 0.29) is 0 Å². The average molecular weight is 871 g/mol. The van der Waals surface area contributed by atoms with Gasteiger partial charge in [0.15, 0.2) is 22.8 Å². The Morgan fingerprint density at radius 3 is 1.00 bits per heavy atom. The second-order valence-electron chi connectivity index (χ2n) is 16.9. The van der Waals surface area contributed by atoms with Gasteiger partial charge in [-0.2, -0.15) is 0 Å². The summed E-state index contributed by atoms with van der Waals surface area (Å²) in [5.74, 6) is 1.21. The van der Waals surface area contributed by atoms with E-state index in [1.54, 1.807) is 0 Å². The van der Waals surface area contributed by atoms with Crippen molar-refractivity contribution in [3.8, 4) is 89.8 Å². The zero-order valence-electron chi connectivity index (χ0n) is 36.5. The molecule has 13 aromatic rings. The third-order valence-corrected chi connectivity index (χ3v) is 12.8. The van der Waals surface area contributed by atoms with Crippen LogP contribution >= 0.6 is 0 Å². The summed E-state index contributed by atoms with van der Waals surface area (Å²) in [6, 6.07) is 79.3. The fraction of sp³-hybridized carbons (Fsp3) is 0. The van der Waals surface area contributed by atoms with Crippen molar-refractivity contribution in [2.75, 3.05) is 0 Å². The lowest BCUT2D eigenvalue weighted by molar-refractivity contribution is 0.667. The Labute approximate surface area is 391 Å². The highest BCUT2D eigenvalue weighted by atomic mass is 16.3. The molecule has 0 radical (unpaired) electrons. The molecule has 68 heavy (non-hydrogen) atoms. The van der Waals surface area contributed by atoms with Crippen LogP contribution in [0, 0.1) is 0 Å². The fourth-order valence-electron chi connectivity index (χ4n) is 9.55. The molecule has 6 heteroatoms. The van der Waals surface area contributed by atoms with Gasteiger partial charge in [-0.1, -0.05) is 194 Å². The van der Waals surface area contributed by atoms with Gasteiger partial charge >= 0.3 is 0 Å². The van der Waals surface area contributed by atoms with Gasteiger partial charge in [-0.05, 0) is 80.9 Å². The zero-order valence-corrected chi connectivity index (χ0v) is 36.5. The molecule has 0 atom stereocenters. The number of benzene rings is 9. The summed E-state index contributed by atoms with van der Waals surface area (Å²) in [7, 11) is 0. The molecule has 0 saturated heterocycles. The molecule has 0 unspecified atom stereocenters. The molecule has 318 valence electrons. The zero-order chi connectivity index (χ0) is 45.0. The summed E-state index contributed by atoms with van der Waals surface area (Å²) >= 11 is 0. The molecule has 0 bridgehead atoms. The van der Waals surface area contributed by atoms with Crippen LogP contribution in [0.1, 0.15) is 0 Å². The van der Waals surface area contributed by atoms with Gasteiger partial charge in [0.05, 0.1) is 0 Å². The van der Waals surface area contributed by atoms with Crippen molar-refractivity contribution in [3.05, 3.63) is 231 Å². The number of para-hydroxylation sites is 2. The van der Waals surface area contributed by atoms with Crippen LogP contribution in [0.4, 0.5) is 0 Å². The topological polar surface area (TPSA) is 77.8 Å². The number of furan rings is 2. The van der Waals surface area contributed by atoms with E-state index in [0.29, 0.717) is 22.8 Å². The number of hydrogen-bond acceptors (Lipinski definition) is 6. The summed E-state index contributed by atoms with van der Waals surface area (Å²) in [5, 5.41) is 1.87. The SMILES string of the molecule is c1ccc(-c2cccc(-c3nc(-c4ccccc4-c4ccccc4-c4ccccc4-c4nc(-c5cccc(-c6ccccc6)c5)c5oc6ccccc6c5n4)nc4c3oc3ccccc34)c2)cc1. The number of hydrogen-bond donors (Lipinski definition) is 0. The van der Waals surface area contributed by atoms with Gasteiger partial charge < -0.3 is 8.83 Å². The normalized spacial score (nSPS) is 11.5. The highest BCUT2D eigenvalue weighted by Crippen LogP contribution is 2.44. The minimum atomic E-state index is 0.603. The van der Waals surface area contributed by atoms with E-state index >= 15 is 0 Å². The van der Waals surface area contributed by atoms with Gasteiger partial charge in [0, 0.05) is 33.0 Å². The van der Waals surface area contributed by atoms with Crippen LogP contribution in [0.2, 0.25) is 0 Å². The average Bonchev–Trinajstić information content (AvgIpc) is 3.99. The maximum Gasteiger partial charge on any atom is 0.180 e. The van der Waals surface area contributed by atoms with Crippen LogP contribution in [0.3, 0.4) is 0 Å². The smallest absolute Gasteiger partial charge is 0.180 e. The Morgan fingerprint density at radius 2 is 0.574 bits per heavy atom. The monoisotopic (exact) mass is 870 g/mol. The second-order valence-corrected chi connectivity index (χ2v) is 16.9. The molecule has 0 aliphatic carbocycles. The standard InChI is InChI=1S/C62H38N4O2/c1-3-19-39(20-4-1)41-23-17-25-43(37-41)55-59-57(51-33-13-15-35-53(51)67-59)65-61(63-55)49-31-11-9-29-47(49)45-27-7-8-28-46(45)48-30-10-12-32-50(48)62-64-56(60-58(66-62)52-34-14-16-36-54(52)68-60)44-26-18-24-42(38-44)40-21-5-2-6-22-40/h1-38H. The summed E-state index contributed by atoms with van der Waals surface area (Å²) in [6.45, 7) is 0. The molecule has 4 heterocycles. The second kappa shape index (κ2) is 16.3. The molecule has 0 aliphatic heterocycles.